The number of hydrogen-bond acceptors (Lipinski definition) is 4. The Hall–Kier alpha value is -0.710. The SMILES string of the molecule is Cc1ccc(N)c(SCC2CN(C)CCO2)c1. The summed E-state index contributed by atoms with van der Waals surface area (Å²) in [5.41, 5.74) is 8.08. The van der Waals surface area contributed by atoms with Crippen molar-refractivity contribution in [1.29, 1.82) is 0 Å². The fraction of sp³-hybridized carbons (Fsp3) is 0.538. The Balaban J connectivity index is 1.90. The van der Waals surface area contributed by atoms with E-state index in [2.05, 4.69) is 24.9 Å². The van der Waals surface area contributed by atoms with Crippen LogP contribution in [0, 0.1) is 6.92 Å². The zero-order valence-electron chi connectivity index (χ0n) is 10.5. The number of benzene rings is 1. The number of nitrogens with zero attached hydrogens (tertiary/aromatic N) is 1. The highest BCUT2D eigenvalue weighted by Gasteiger charge is 2.18. The number of nitrogens with two attached hydrogens (primary N) is 1. The van der Waals surface area contributed by atoms with Crippen LogP contribution >= 0.6 is 11.8 Å². The number of morpholine rings is 1. The molecule has 1 aromatic carbocycles. The highest BCUT2D eigenvalue weighted by molar-refractivity contribution is 7.99. The van der Waals surface area contributed by atoms with Crippen LogP contribution in [0.15, 0.2) is 23.1 Å². The van der Waals surface area contributed by atoms with Gasteiger partial charge in [0.1, 0.15) is 0 Å². The smallest absolute Gasteiger partial charge is 0.0796 e. The number of aryl methyl sites for hydroxylation is 1. The van der Waals surface area contributed by atoms with E-state index < -0.39 is 0 Å². The van der Waals surface area contributed by atoms with Crippen LogP contribution < -0.4 is 5.73 Å². The van der Waals surface area contributed by atoms with E-state index in [4.69, 9.17) is 10.5 Å². The fourth-order valence-electron chi connectivity index (χ4n) is 1.92. The number of anilines is 1. The second-order valence-corrected chi connectivity index (χ2v) is 5.67. The van der Waals surface area contributed by atoms with Crippen molar-refractivity contribution >= 4 is 17.4 Å². The quantitative estimate of drug-likeness (QED) is 0.659. The van der Waals surface area contributed by atoms with Gasteiger partial charge in [0.15, 0.2) is 0 Å². The summed E-state index contributed by atoms with van der Waals surface area (Å²) in [5.74, 6) is 0.970. The molecule has 0 radical (unpaired) electrons. The van der Waals surface area contributed by atoms with Crippen molar-refractivity contribution in [2.45, 2.75) is 17.9 Å². The summed E-state index contributed by atoms with van der Waals surface area (Å²) in [6.07, 6.45) is 0.318. The molecule has 0 spiro atoms. The summed E-state index contributed by atoms with van der Waals surface area (Å²) in [7, 11) is 2.14. The Morgan fingerprint density at radius 3 is 3.12 bits per heavy atom. The minimum atomic E-state index is 0.318. The minimum Gasteiger partial charge on any atom is -0.398 e. The highest BCUT2D eigenvalue weighted by atomic mass is 32.2. The minimum absolute atomic E-state index is 0.318. The Bertz CT molecular complexity index is 384. The molecule has 0 aliphatic carbocycles. The van der Waals surface area contributed by atoms with Gasteiger partial charge in [-0.3, -0.25) is 0 Å². The molecule has 0 saturated carbocycles. The van der Waals surface area contributed by atoms with Gasteiger partial charge in [-0.25, -0.2) is 0 Å². The maximum atomic E-state index is 5.96. The number of hydrogen-bond donors (Lipinski definition) is 1. The molecule has 0 bridgehead atoms. The van der Waals surface area contributed by atoms with Crippen molar-refractivity contribution in [3.05, 3.63) is 23.8 Å². The normalized spacial score (nSPS) is 21.6. The van der Waals surface area contributed by atoms with Gasteiger partial charge >= 0.3 is 0 Å². The van der Waals surface area contributed by atoms with Gasteiger partial charge in [0.05, 0.1) is 12.7 Å². The summed E-state index contributed by atoms with van der Waals surface area (Å²) in [5, 5.41) is 0. The molecule has 1 heterocycles. The van der Waals surface area contributed by atoms with E-state index >= 15 is 0 Å². The van der Waals surface area contributed by atoms with Gasteiger partial charge in [-0.05, 0) is 31.7 Å². The molecular formula is C13H20N2OS. The van der Waals surface area contributed by atoms with Crippen LogP contribution in [0.5, 0.6) is 0 Å². The predicted molar refractivity (Wildman–Crippen MR) is 73.6 cm³/mol. The van der Waals surface area contributed by atoms with Gasteiger partial charge in [0.2, 0.25) is 0 Å². The van der Waals surface area contributed by atoms with Gasteiger partial charge in [0, 0.05) is 29.4 Å². The van der Waals surface area contributed by atoms with E-state index in [0.717, 1.165) is 31.1 Å². The summed E-state index contributed by atoms with van der Waals surface area (Å²) >= 11 is 1.79. The third-order valence-electron chi connectivity index (χ3n) is 2.94. The van der Waals surface area contributed by atoms with Gasteiger partial charge in [-0.15, -0.1) is 11.8 Å². The predicted octanol–water partition coefficient (Wildman–Crippen LogP) is 2.00. The Kier molecular flexibility index (Phi) is 4.31. The van der Waals surface area contributed by atoms with E-state index in [1.165, 1.54) is 10.5 Å². The van der Waals surface area contributed by atoms with Gasteiger partial charge in [0.25, 0.3) is 0 Å². The number of ether oxygens (including phenoxy) is 1. The van der Waals surface area contributed by atoms with Crippen LogP contribution in [-0.2, 0) is 4.74 Å². The van der Waals surface area contributed by atoms with E-state index in [1.807, 2.05) is 12.1 Å². The van der Waals surface area contributed by atoms with Crippen molar-refractivity contribution in [1.82, 2.24) is 4.90 Å². The first-order valence-electron chi connectivity index (χ1n) is 5.94. The fourth-order valence-corrected chi connectivity index (χ4v) is 2.99. The molecule has 1 aromatic rings. The monoisotopic (exact) mass is 252 g/mol. The van der Waals surface area contributed by atoms with Crippen molar-refractivity contribution in [3.63, 3.8) is 0 Å². The van der Waals surface area contributed by atoms with Crippen LogP contribution in [-0.4, -0.2) is 43.5 Å². The molecule has 0 aromatic heterocycles. The Morgan fingerprint density at radius 1 is 1.53 bits per heavy atom. The Labute approximate surface area is 107 Å². The first-order valence-corrected chi connectivity index (χ1v) is 6.93. The number of likely N-dealkylation sites (N-methyl/N-ethyl adjacent to an activating group) is 1. The molecule has 1 aliphatic rings. The standard InChI is InChI=1S/C13H20N2OS/c1-10-3-4-12(14)13(7-10)17-9-11-8-15(2)5-6-16-11/h3-4,7,11H,5-6,8-9,14H2,1-2H3. The third-order valence-corrected chi connectivity index (χ3v) is 4.14. The maximum Gasteiger partial charge on any atom is 0.0796 e. The molecule has 17 heavy (non-hydrogen) atoms. The molecular weight excluding hydrogens is 232 g/mol. The van der Waals surface area contributed by atoms with Crippen molar-refractivity contribution in [2.75, 3.05) is 38.2 Å². The molecule has 1 atom stereocenters. The third kappa shape index (κ3) is 3.63. The molecule has 2 N–H and O–H groups in total. The van der Waals surface area contributed by atoms with E-state index in [-0.39, 0.29) is 0 Å². The van der Waals surface area contributed by atoms with Crippen LogP contribution in [0.1, 0.15) is 5.56 Å². The molecule has 4 heteroatoms. The summed E-state index contributed by atoms with van der Waals surface area (Å²) in [6, 6.07) is 6.17. The summed E-state index contributed by atoms with van der Waals surface area (Å²) in [4.78, 5) is 3.48. The largest absolute Gasteiger partial charge is 0.398 e. The molecule has 3 nitrogen and oxygen atoms in total. The molecule has 2 rings (SSSR count). The lowest BCUT2D eigenvalue weighted by molar-refractivity contribution is -0.00598. The van der Waals surface area contributed by atoms with Crippen molar-refractivity contribution < 1.29 is 4.74 Å². The molecule has 1 fully saturated rings. The first kappa shape index (κ1) is 12.7. The number of nitrogen functional groups attached to an aromatic ring is 1. The first-order chi connectivity index (χ1) is 8.15. The van der Waals surface area contributed by atoms with E-state index in [0.29, 0.717) is 6.10 Å². The maximum absolute atomic E-state index is 5.96. The second kappa shape index (κ2) is 5.76. The van der Waals surface area contributed by atoms with Gasteiger partial charge < -0.3 is 15.4 Å². The lowest BCUT2D eigenvalue weighted by Crippen LogP contribution is -2.41. The second-order valence-electron chi connectivity index (χ2n) is 4.61. The van der Waals surface area contributed by atoms with E-state index in [1.54, 1.807) is 11.8 Å². The average molecular weight is 252 g/mol. The molecule has 0 amide bonds. The Morgan fingerprint density at radius 2 is 2.35 bits per heavy atom. The highest BCUT2D eigenvalue weighted by Crippen LogP contribution is 2.27. The van der Waals surface area contributed by atoms with Gasteiger partial charge in [-0.2, -0.15) is 0 Å². The molecule has 1 aliphatic heterocycles. The topological polar surface area (TPSA) is 38.5 Å². The van der Waals surface area contributed by atoms with Crippen LogP contribution in [0.3, 0.4) is 0 Å². The zero-order valence-corrected chi connectivity index (χ0v) is 11.3. The zero-order chi connectivity index (χ0) is 12.3. The van der Waals surface area contributed by atoms with Crippen LogP contribution in [0.4, 0.5) is 5.69 Å². The van der Waals surface area contributed by atoms with Crippen molar-refractivity contribution in [2.24, 2.45) is 0 Å². The molecule has 1 saturated heterocycles. The summed E-state index contributed by atoms with van der Waals surface area (Å²) < 4.78 is 5.74. The van der Waals surface area contributed by atoms with Crippen LogP contribution in [0.2, 0.25) is 0 Å². The number of rotatable bonds is 3. The summed E-state index contributed by atoms with van der Waals surface area (Å²) in [6.45, 7) is 4.98. The lowest BCUT2D eigenvalue weighted by atomic mass is 10.2. The average Bonchev–Trinajstić information content (AvgIpc) is 2.30. The van der Waals surface area contributed by atoms with Gasteiger partial charge in [-0.1, -0.05) is 6.07 Å². The number of thioether (sulfide) groups is 1. The molecule has 94 valence electrons. The molecule has 1 unspecified atom stereocenters. The van der Waals surface area contributed by atoms with Crippen LogP contribution in [0.25, 0.3) is 0 Å². The van der Waals surface area contributed by atoms with Crippen molar-refractivity contribution in [3.8, 4) is 0 Å². The lowest BCUT2D eigenvalue weighted by Gasteiger charge is -2.29. The van der Waals surface area contributed by atoms with E-state index in [9.17, 15) is 0 Å².